The molecule has 1 atom stereocenters. The quantitative estimate of drug-likeness (QED) is 0.824. The van der Waals surface area contributed by atoms with Crippen molar-refractivity contribution in [3.8, 4) is 0 Å². The van der Waals surface area contributed by atoms with Crippen molar-refractivity contribution in [1.29, 1.82) is 0 Å². The van der Waals surface area contributed by atoms with E-state index >= 15 is 0 Å². The maximum Gasteiger partial charge on any atom is 0.266 e. The highest BCUT2D eigenvalue weighted by Gasteiger charge is 2.38. The minimum atomic E-state index is -0.348. The van der Waals surface area contributed by atoms with E-state index in [1.54, 1.807) is 6.07 Å². The Bertz CT molecular complexity index is 798. The van der Waals surface area contributed by atoms with Gasteiger partial charge in [0.15, 0.2) is 6.67 Å². The molecule has 2 aromatic carbocycles. The van der Waals surface area contributed by atoms with Gasteiger partial charge >= 0.3 is 0 Å². The second-order valence-electron chi connectivity index (χ2n) is 5.77. The van der Waals surface area contributed by atoms with E-state index in [0.717, 1.165) is 10.5 Å². The van der Waals surface area contributed by atoms with E-state index in [-0.39, 0.29) is 28.5 Å². The predicted molar refractivity (Wildman–Crippen MR) is 93.9 cm³/mol. The second-order valence-corrected chi connectivity index (χ2v) is 7.02. The van der Waals surface area contributed by atoms with Crippen LogP contribution in [0.1, 0.15) is 26.3 Å². The lowest BCUT2D eigenvalue weighted by molar-refractivity contribution is -0.901. The molecule has 0 aliphatic carbocycles. The lowest BCUT2D eigenvalue weighted by Gasteiger charge is -2.20. The monoisotopic (exact) mass is 383 g/mol. The van der Waals surface area contributed by atoms with Crippen molar-refractivity contribution in [2.75, 3.05) is 13.7 Å². The standard InChI is InChI=1S/C17H13Cl3N2O2/c1-21(8-10-3-2-4-11(18)5-10)9-22-16(23)12-6-14(19)15(20)7-13(12)17(22)24/h2-7H,8-9H2,1H3/p+1. The third kappa shape index (κ3) is 3.28. The van der Waals surface area contributed by atoms with Crippen LogP contribution in [0.3, 0.4) is 0 Å². The molecule has 0 fully saturated rings. The van der Waals surface area contributed by atoms with Crippen LogP contribution >= 0.6 is 34.8 Å². The largest absolute Gasteiger partial charge is 0.316 e. The molecule has 4 nitrogen and oxygen atoms in total. The maximum atomic E-state index is 12.5. The Balaban J connectivity index is 1.76. The molecule has 2 aromatic rings. The summed E-state index contributed by atoms with van der Waals surface area (Å²) in [6.45, 7) is 0.879. The molecule has 0 saturated heterocycles. The van der Waals surface area contributed by atoms with Gasteiger partial charge in [0.05, 0.1) is 28.2 Å². The number of amides is 2. The Morgan fingerprint density at radius 3 is 2.08 bits per heavy atom. The third-order valence-corrected chi connectivity index (χ3v) is 4.79. The van der Waals surface area contributed by atoms with E-state index in [0.29, 0.717) is 22.7 Å². The number of carbonyl (C=O) groups is 2. The molecular weight excluding hydrogens is 371 g/mol. The summed E-state index contributed by atoms with van der Waals surface area (Å²) >= 11 is 17.9. The van der Waals surface area contributed by atoms with Crippen molar-refractivity contribution in [2.45, 2.75) is 6.54 Å². The Morgan fingerprint density at radius 1 is 0.958 bits per heavy atom. The number of halogens is 3. The van der Waals surface area contributed by atoms with E-state index in [2.05, 4.69) is 0 Å². The van der Waals surface area contributed by atoms with E-state index in [9.17, 15) is 9.59 Å². The molecule has 1 aliphatic rings. The summed E-state index contributed by atoms with van der Waals surface area (Å²) < 4.78 is 0. The Kier molecular flexibility index (Phi) is 4.83. The zero-order valence-corrected chi connectivity index (χ0v) is 15.0. The Morgan fingerprint density at radius 2 is 1.54 bits per heavy atom. The topological polar surface area (TPSA) is 41.8 Å². The highest BCUT2D eigenvalue weighted by molar-refractivity contribution is 6.43. The SMILES string of the molecule is C[NH+](Cc1cccc(Cl)c1)CN1C(=O)c2cc(Cl)c(Cl)cc2C1=O. The first-order valence-electron chi connectivity index (χ1n) is 7.28. The van der Waals surface area contributed by atoms with Gasteiger partial charge in [0.1, 0.15) is 6.54 Å². The zero-order chi connectivity index (χ0) is 17.4. The summed E-state index contributed by atoms with van der Waals surface area (Å²) in [5.74, 6) is -0.696. The number of rotatable bonds is 4. The normalized spacial score (nSPS) is 14.9. The van der Waals surface area contributed by atoms with Crippen LogP contribution in [0.2, 0.25) is 15.1 Å². The molecule has 3 rings (SSSR count). The second kappa shape index (κ2) is 6.73. The third-order valence-electron chi connectivity index (χ3n) is 3.83. The first-order valence-corrected chi connectivity index (χ1v) is 8.41. The number of hydrogen-bond donors (Lipinski definition) is 1. The zero-order valence-electron chi connectivity index (χ0n) is 12.8. The van der Waals surface area contributed by atoms with Crippen LogP contribution in [-0.4, -0.2) is 30.4 Å². The Hall–Kier alpha value is -1.59. The van der Waals surface area contributed by atoms with E-state index in [4.69, 9.17) is 34.8 Å². The van der Waals surface area contributed by atoms with Crippen LogP contribution in [0, 0.1) is 0 Å². The van der Waals surface area contributed by atoms with Gasteiger partial charge in [0.25, 0.3) is 11.8 Å². The molecule has 1 heterocycles. The van der Waals surface area contributed by atoms with Gasteiger partial charge < -0.3 is 4.90 Å². The van der Waals surface area contributed by atoms with Gasteiger partial charge in [-0.3, -0.25) is 9.59 Å². The summed E-state index contributed by atoms with van der Waals surface area (Å²) in [5.41, 5.74) is 1.62. The average molecular weight is 385 g/mol. The number of nitrogens with one attached hydrogen (secondary N) is 1. The molecule has 24 heavy (non-hydrogen) atoms. The first-order chi connectivity index (χ1) is 11.4. The minimum absolute atomic E-state index is 0.244. The molecule has 7 heteroatoms. The molecule has 1 N–H and O–H groups in total. The van der Waals surface area contributed by atoms with Gasteiger partial charge in [-0.25, -0.2) is 4.90 Å². The number of quaternary nitrogens is 1. The Labute approximate surface area is 154 Å². The fourth-order valence-electron chi connectivity index (χ4n) is 2.75. The van der Waals surface area contributed by atoms with E-state index < -0.39 is 0 Å². The summed E-state index contributed by atoms with van der Waals surface area (Å²) in [6.07, 6.45) is 0. The van der Waals surface area contributed by atoms with Crippen LogP contribution in [-0.2, 0) is 6.54 Å². The predicted octanol–water partition coefficient (Wildman–Crippen LogP) is 2.92. The van der Waals surface area contributed by atoms with Gasteiger partial charge in [-0.1, -0.05) is 46.9 Å². The van der Waals surface area contributed by atoms with Gasteiger partial charge in [-0.05, 0) is 24.3 Å². The molecule has 1 aliphatic heterocycles. The molecule has 0 saturated carbocycles. The molecular formula is C17H14Cl3N2O2+. The summed E-state index contributed by atoms with van der Waals surface area (Å²) in [6, 6.07) is 10.4. The van der Waals surface area contributed by atoms with E-state index in [1.165, 1.54) is 17.0 Å². The number of imide groups is 1. The smallest absolute Gasteiger partial charge is 0.266 e. The first kappa shape index (κ1) is 17.2. The van der Waals surface area contributed by atoms with Crippen molar-refractivity contribution in [3.63, 3.8) is 0 Å². The van der Waals surface area contributed by atoms with Crippen molar-refractivity contribution >= 4 is 46.6 Å². The molecule has 0 bridgehead atoms. The lowest BCUT2D eigenvalue weighted by Crippen LogP contribution is -3.09. The average Bonchev–Trinajstić information content (AvgIpc) is 2.73. The van der Waals surface area contributed by atoms with Crippen LogP contribution in [0.4, 0.5) is 0 Å². The molecule has 124 valence electrons. The van der Waals surface area contributed by atoms with E-state index in [1.807, 2.05) is 25.2 Å². The van der Waals surface area contributed by atoms with Gasteiger partial charge in [-0.2, -0.15) is 0 Å². The number of benzene rings is 2. The number of carbonyl (C=O) groups excluding carboxylic acids is 2. The number of nitrogens with zero attached hydrogens (tertiary/aromatic N) is 1. The molecule has 0 aromatic heterocycles. The highest BCUT2D eigenvalue weighted by Crippen LogP contribution is 2.31. The fraction of sp³-hybridized carbons (Fsp3) is 0.176. The number of hydrogen-bond acceptors (Lipinski definition) is 2. The van der Waals surface area contributed by atoms with Gasteiger partial charge in [0.2, 0.25) is 0 Å². The van der Waals surface area contributed by atoms with Crippen LogP contribution in [0.5, 0.6) is 0 Å². The summed E-state index contributed by atoms with van der Waals surface area (Å²) in [5, 5.41) is 1.18. The van der Waals surface area contributed by atoms with Gasteiger partial charge in [-0.15, -0.1) is 0 Å². The number of fused-ring (bicyclic) bond motifs is 1. The van der Waals surface area contributed by atoms with Crippen molar-refractivity contribution in [3.05, 3.63) is 68.2 Å². The van der Waals surface area contributed by atoms with Crippen LogP contribution in [0.15, 0.2) is 36.4 Å². The van der Waals surface area contributed by atoms with Crippen LogP contribution < -0.4 is 4.90 Å². The maximum absolute atomic E-state index is 12.5. The van der Waals surface area contributed by atoms with Crippen LogP contribution in [0.25, 0.3) is 0 Å². The van der Waals surface area contributed by atoms with Crippen molar-refractivity contribution in [1.82, 2.24) is 4.90 Å². The molecule has 2 amide bonds. The molecule has 0 radical (unpaired) electrons. The highest BCUT2D eigenvalue weighted by atomic mass is 35.5. The van der Waals surface area contributed by atoms with Crippen molar-refractivity contribution in [2.24, 2.45) is 0 Å². The lowest BCUT2D eigenvalue weighted by atomic mass is 10.1. The molecule has 0 spiro atoms. The minimum Gasteiger partial charge on any atom is -0.316 e. The van der Waals surface area contributed by atoms with Crippen molar-refractivity contribution < 1.29 is 14.5 Å². The fourth-order valence-corrected chi connectivity index (χ4v) is 3.29. The van der Waals surface area contributed by atoms with Gasteiger partial charge in [0, 0.05) is 10.6 Å². The molecule has 1 unspecified atom stereocenters. The summed E-state index contributed by atoms with van der Waals surface area (Å²) in [4.78, 5) is 27.2. The summed E-state index contributed by atoms with van der Waals surface area (Å²) in [7, 11) is 1.91.